The average Bonchev–Trinajstić information content (AvgIpc) is 2.69. The molecular formula is C25H48N2O4. The fourth-order valence-electron chi connectivity index (χ4n) is 3.63. The van der Waals surface area contributed by atoms with Crippen LogP contribution in [0, 0.1) is 0 Å². The monoisotopic (exact) mass is 440 g/mol. The maximum atomic E-state index is 11.9. The van der Waals surface area contributed by atoms with E-state index in [1.807, 2.05) is 14.1 Å². The van der Waals surface area contributed by atoms with Crippen LogP contribution in [-0.2, 0) is 9.59 Å². The van der Waals surface area contributed by atoms with Gasteiger partial charge in [0.05, 0.1) is 32.7 Å². The normalized spacial score (nSPS) is 12.9. The fraction of sp³-hybridized carbons (Fsp3) is 0.840. The number of amides is 1. The number of nitrogens with zero attached hydrogens (tertiary/aromatic N) is 1. The Kier molecular flexibility index (Phi) is 18.4. The molecule has 0 bridgehead atoms. The van der Waals surface area contributed by atoms with Crippen LogP contribution in [0.15, 0.2) is 12.2 Å². The number of carbonyl (C=O) groups excluding carboxylic acids is 2. The number of likely N-dealkylation sites (N-methyl/N-ethyl adjacent to an activating group) is 1. The second kappa shape index (κ2) is 19.3. The Bertz CT molecular complexity index is 492. The van der Waals surface area contributed by atoms with Gasteiger partial charge in [0.1, 0.15) is 6.54 Å². The number of unbranched alkanes of at least 4 members (excludes halogenated alkanes) is 8. The number of quaternary nitrogens is 1. The van der Waals surface area contributed by atoms with Crippen molar-refractivity contribution in [3.8, 4) is 0 Å². The number of rotatable bonds is 21. The molecule has 0 spiro atoms. The zero-order valence-corrected chi connectivity index (χ0v) is 20.4. The van der Waals surface area contributed by atoms with E-state index in [1.165, 1.54) is 25.7 Å². The molecule has 0 rings (SSSR count). The lowest BCUT2D eigenvalue weighted by Gasteiger charge is -2.30. The lowest BCUT2D eigenvalue weighted by molar-refractivity contribution is -0.884. The molecule has 0 aromatic rings. The molecule has 6 nitrogen and oxygen atoms in total. The first-order valence-electron chi connectivity index (χ1n) is 12.4. The molecule has 0 saturated heterocycles. The number of hydrogen-bond donors (Lipinski definition) is 2. The lowest BCUT2D eigenvalue weighted by atomic mass is 10.1. The summed E-state index contributed by atoms with van der Waals surface area (Å²) in [4.78, 5) is 22.5. The summed E-state index contributed by atoms with van der Waals surface area (Å²) in [5.41, 5.74) is 0. The number of nitrogens with one attached hydrogen (secondary N) is 1. The lowest BCUT2D eigenvalue weighted by Crippen LogP contribution is -2.49. The molecule has 0 aromatic heterocycles. The van der Waals surface area contributed by atoms with Crippen LogP contribution in [0.25, 0.3) is 0 Å². The number of carbonyl (C=O) groups is 2. The summed E-state index contributed by atoms with van der Waals surface area (Å²) in [5, 5.41) is 23.5. The summed E-state index contributed by atoms with van der Waals surface area (Å²) < 4.78 is 0.368. The maximum Gasteiger partial charge on any atom is 0.219 e. The van der Waals surface area contributed by atoms with Gasteiger partial charge in [-0.3, -0.25) is 4.79 Å². The van der Waals surface area contributed by atoms with Crippen molar-refractivity contribution in [1.29, 1.82) is 0 Å². The molecule has 1 atom stereocenters. The standard InChI is InChI=1S/C25H48N2O4/c1-4-5-6-13-17-23(28)18-14-11-9-7-8-10-12-15-19-24(29)26-20-16-21-27(2,3)22-25(30)31/h11,14,23,28H,4-10,12-13,15-22H2,1-3H3,(H-,26,29,30,31)/b14-11+. The number of carboxylic acid groups (broad SMARTS) is 1. The Labute approximate surface area is 190 Å². The van der Waals surface area contributed by atoms with Crippen molar-refractivity contribution < 1.29 is 24.3 Å². The number of hydrogen-bond acceptors (Lipinski definition) is 4. The third-order valence-corrected chi connectivity index (χ3v) is 5.56. The van der Waals surface area contributed by atoms with Gasteiger partial charge in [0.25, 0.3) is 0 Å². The summed E-state index contributed by atoms with van der Waals surface area (Å²) in [7, 11) is 3.71. The molecule has 0 fully saturated rings. The first kappa shape index (κ1) is 29.6. The summed E-state index contributed by atoms with van der Waals surface area (Å²) >= 11 is 0. The Morgan fingerprint density at radius 2 is 1.65 bits per heavy atom. The molecule has 1 unspecified atom stereocenters. The summed E-state index contributed by atoms with van der Waals surface area (Å²) in [5.74, 6) is -0.960. The number of aliphatic carboxylic acids is 1. The second-order valence-corrected chi connectivity index (χ2v) is 9.41. The molecule has 0 saturated carbocycles. The van der Waals surface area contributed by atoms with Gasteiger partial charge in [-0.25, -0.2) is 0 Å². The highest BCUT2D eigenvalue weighted by atomic mass is 16.4. The van der Waals surface area contributed by atoms with Crippen molar-refractivity contribution in [2.24, 2.45) is 0 Å². The molecule has 0 heterocycles. The maximum absolute atomic E-state index is 11.9. The topological polar surface area (TPSA) is 89.5 Å². The van der Waals surface area contributed by atoms with Crippen molar-refractivity contribution in [2.75, 3.05) is 33.7 Å². The molecular weight excluding hydrogens is 392 g/mol. The third kappa shape index (κ3) is 21.6. The first-order valence-corrected chi connectivity index (χ1v) is 12.4. The summed E-state index contributed by atoms with van der Waals surface area (Å²) in [6.45, 7) is 3.48. The van der Waals surface area contributed by atoms with Crippen molar-refractivity contribution >= 4 is 11.9 Å². The zero-order chi connectivity index (χ0) is 23.4. The molecule has 0 radical (unpaired) electrons. The van der Waals surface area contributed by atoms with Crippen molar-refractivity contribution in [3.63, 3.8) is 0 Å². The SMILES string of the molecule is CCCCCCC(O)C/C=C/CCCCCCCC(=O)NCCC[N+](C)(C)CC(=O)[O-]. The summed E-state index contributed by atoms with van der Waals surface area (Å²) in [6, 6.07) is 0. The van der Waals surface area contributed by atoms with Gasteiger partial charge in [-0.1, -0.05) is 64.0 Å². The highest BCUT2D eigenvalue weighted by Gasteiger charge is 2.14. The van der Waals surface area contributed by atoms with Crippen LogP contribution in [0.2, 0.25) is 0 Å². The number of carboxylic acids is 1. The van der Waals surface area contributed by atoms with E-state index in [9.17, 15) is 19.8 Å². The van der Waals surface area contributed by atoms with Crippen LogP contribution >= 0.6 is 0 Å². The Balaban J connectivity index is 3.48. The van der Waals surface area contributed by atoms with E-state index in [1.54, 1.807) is 0 Å². The zero-order valence-electron chi connectivity index (χ0n) is 20.4. The molecule has 2 N–H and O–H groups in total. The second-order valence-electron chi connectivity index (χ2n) is 9.41. The van der Waals surface area contributed by atoms with Gasteiger partial charge in [0, 0.05) is 19.4 Å². The Morgan fingerprint density at radius 3 is 2.35 bits per heavy atom. The van der Waals surface area contributed by atoms with Crippen LogP contribution in [0.1, 0.15) is 96.8 Å². The molecule has 31 heavy (non-hydrogen) atoms. The number of aliphatic hydroxyl groups is 1. The third-order valence-electron chi connectivity index (χ3n) is 5.56. The van der Waals surface area contributed by atoms with Crippen LogP contribution in [0.3, 0.4) is 0 Å². The smallest absolute Gasteiger partial charge is 0.219 e. The van der Waals surface area contributed by atoms with Crippen molar-refractivity contribution in [2.45, 2.75) is 103 Å². The molecule has 0 aliphatic rings. The molecule has 0 aliphatic carbocycles. The van der Waals surface area contributed by atoms with Crippen molar-refractivity contribution in [3.05, 3.63) is 12.2 Å². The molecule has 6 heteroatoms. The van der Waals surface area contributed by atoms with Gasteiger partial charge < -0.3 is 24.8 Å². The van der Waals surface area contributed by atoms with E-state index in [0.717, 1.165) is 57.8 Å². The minimum absolute atomic E-state index is 0.00911. The van der Waals surface area contributed by atoms with Crippen molar-refractivity contribution in [1.82, 2.24) is 5.32 Å². The van der Waals surface area contributed by atoms with E-state index >= 15 is 0 Å². The van der Waals surface area contributed by atoms with E-state index in [0.29, 0.717) is 24.0 Å². The van der Waals surface area contributed by atoms with E-state index < -0.39 is 5.97 Å². The first-order chi connectivity index (χ1) is 14.8. The van der Waals surface area contributed by atoms with Gasteiger partial charge in [0.2, 0.25) is 5.91 Å². The van der Waals surface area contributed by atoms with E-state index in [4.69, 9.17) is 0 Å². The average molecular weight is 441 g/mol. The van der Waals surface area contributed by atoms with Gasteiger partial charge >= 0.3 is 0 Å². The Hall–Kier alpha value is -1.40. The molecule has 0 aromatic carbocycles. The highest BCUT2D eigenvalue weighted by molar-refractivity contribution is 5.75. The van der Waals surface area contributed by atoms with Gasteiger partial charge in [-0.2, -0.15) is 0 Å². The minimum Gasteiger partial charge on any atom is -0.544 e. The minimum atomic E-state index is -1.04. The molecule has 1 amide bonds. The quantitative estimate of drug-likeness (QED) is 0.163. The predicted octanol–water partition coefficient (Wildman–Crippen LogP) is 3.33. The fourth-order valence-corrected chi connectivity index (χ4v) is 3.63. The van der Waals surface area contributed by atoms with Crippen LogP contribution in [-0.4, -0.2) is 61.3 Å². The molecule has 0 aliphatic heterocycles. The van der Waals surface area contributed by atoms with E-state index in [2.05, 4.69) is 24.4 Å². The predicted molar refractivity (Wildman–Crippen MR) is 125 cm³/mol. The van der Waals surface area contributed by atoms with Gasteiger partial charge in [-0.05, 0) is 32.1 Å². The Morgan fingerprint density at radius 1 is 0.968 bits per heavy atom. The molecule has 182 valence electrons. The van der Waals surface area contributed by atoms with Gasteiger partial charge in [-0.15, -0.1) is 0 Å². The van der Waals surface area contributed by atoms with E-state index in [-0.39, 0.29) is 18.6 Å². The van der Waals surface area contributed by atoms with Gasteiger partial charge in [0.15, 0.2) is 0 Å². The van der Waals surface area contributed by atoms with Crippen LogP contribution in [0.4, 0.5) is 0 Å². The highest BCUT2D eigenvalue weighted by Crippen LogP contribution is 2.10. The van der Waals surface area contributed by atoms with Crippen LogP contribution in [0.5, 0.6) is 0 Å². The summed E-state index contributed by atoms with van der Waals surface area (Å²) in [6.07, 6.45) is 18.5. The largest absolute Gasteiger partial charge is 0.544 e. The number of aliphatic hydroxyl groups excluding tert-OH is 1. The van der Waals surface area contributed by atoms with Crippen LogP contribution < -0.4 is 10.4 Å². The number of allylic oxidation sites excluding steroid dienone is 1.